The van der Waals surface area contributed by atoms with E-state index in [0.717, 1.165) is 6.61 Å². The van der Waals surface area contributed by atoms with Gasteiger partial charge in [-0.1, -0.05) is 48.5 Å². The first-order valence-corrected chi connectivity index (χ1v) is 19.4. The van der Waals surface area contributed by atoms with E-state index in [1.165, 1.54) is 135 Å². The minimum absolute atomic E-state index is 0.476. The molecule has 0 aliphatic heterocycles. The summed E-state index contributed by atoms with van der Waals surface area (Å²) in [6.07, 6.45) is 13.4. The molecule has 0 spiro atoms. The lowest BCUT2D eigenvalue weighted by atomic mass is 9.73. The van der Waals surface area contributed by atoms with Gasteiger partial charge in [0, 0.05) is 6.61 Å². The lowest BCUT2D eigenvalue weighted by Gasteiger charge is -2.39. The Morgan fingerprint density at radius 1 is 0.541 bits per heavy atom. The molecule has 0 aliphatic carbocycles. The van der Waals surface area contributed by atoms with E-state index in [4.69, 9.17) is 4.43 Å². The van der Waals surface area contributed by atoms with Crippen molar-refractivity contribution in [3.63, 3.8) is 0 Å². The molecule has 1 atom stereocenters. The fourth-order valence-corrected chi connectivity index (χ4v) is 8.70. The first kappa shape index (κ1) is 37.1. The predicted octanol–water partition coefficient (Wildman–Crippen LogP) is 8.53. The zero-order valence-corrected chi connectivity index (χ0v) is 28.3. The van der Waals surface area contributed by atoms with Gasteiger partial charge in [-0.15, -0.1) is 0 Å². The van der Waals surface area contributed by atoms with Gasteiger partial charge in [-0.05, 0) is 154 Å². The van der Waals surface area contributed by atoms with E-state index in [1.54, 1.807) is 0 Å². The van der Waals surface area contributed by atoms with Crippen LogP contribution in [0.2, 0.25) is 18.6 Å². The van der Waals surface area contributed by atoms with Crippen LogP contribution in [0.15, 0.2) is 0 Å². The van der Waals surface area contributed by atoms with E-state index in [1.807, 2.05) is 0 Å². The summed E-state index contributed by atoms with van der Waals surface area (Å²) in [4.78, 5) is 8.03. The minimum Gasteiger partial charge on any atom is -0.417 e. The molecule has 0 bridgehead atoms. The Bertz CT molecular complexity index is 456. The van der Waals surface area contributed by atoms with Gasteiger partial charge in [0.05, 0.1) is 0 Å². The number of rotatable bonds is 27. The molecule has 0 aromatic heterocycles. The van der Waals surface area contributed by atoms with Crippen molar-refractivity contribution in [1.82, 2.24) is 14.7 Å². The van der Waals surface area contributed by atoms with Gasteiger partial charge < -0.3 is 19.1 Å². The molecule has 0 aromatic rings. The van der Waals surface area contributed by atoms with Gasteiger partial charge in [0.2, 0.25) is 0 Å². The second-order valence-electron chi connectivity index (χ2n) is 11.8. The Morgan fingerprint density at radius 2 is 0.919 bits per heavy atom. The fraction of sp³-hybridized carbons (Fsp3) is 1.00. The second-order valence-corrected chi connectivity index (χ2v) is 16.2. The van der Waals surface area contributed by atoms with Crippen molar-refractivity contribution in [3.05, 3.63) is 0 Å². The van der Waals surface area contributed by atoms with Crippen LogP contribution in [0.1, 0.15) is 120 Å². The maximum absolute atomic E-state index is 6.46. The first-order chi connectivity index (χ1) is 17.8. The number of hydrogen-bond donors (Lipinski definition) is 0. The molecule has 0 aliphatic rings. The molecule has 4 nitrogen and oxygen atoms in total. The standard InChI is InChI=1S/C32H71N3OSi/c1-10-25-33(13-4)28-18-21-32(22-19-29-34(14-5)26-11-2,23-20-30-35(15-6)27-12-3)24-31-37(9,17-8)36-16-7/h10-31H2,1-9H3. The van der Waals surface area contributed by atoms with Crippen molar-refractivity contribution >= 4 is 8.32 Å². The third-order valence-electron chi connectivity index (χ3n) is 8.93. The van der Waals surface area contributed by atoms with Crippen LogP contribution < -0.4 is 0 Å². The third-order valence-corrected chi connectivity index (χ3v) is 12.7. The van der Waals surface area contributed by atoms with Crippen molar-refractivity contribution in [3.8, 4) is 0 Å². The van der Waals surface area contributed by atoms with Crippen LogP contribution >= 0.6 is 0 Å². The second kappa shape index (κ2) is 22.8. The van der Waals surface area contributed by atoms with Gasteiger partial charge in [0.25, 0.3) is 0 Å². The van der Waals surface area contributed by atoms with E-state index < -0.39 is 8.32 Å². The molecule has 5 heteroatoms. The smallest absolute Gasteiger partial charge is 0.189 e. The Labute approximate surface area is 236 Å². The molecule has 0 saturated carbocycles. The van der Waals surface area contributed by atoms with E-state index in [2.05, 4.69) is 76.6 Å². The van der Waals surface area contributed by atoms with E-state index in [-0.39, 0.29) is 0 Å². The molecule has 0 aromatic carbocycles. The Kier molecular flexibility index (Phi) is 22.9. The molecule has 1 unspecified atom stereocenters. The monoisotopic (exact) mass is 542 g/mol. The molecule has 0 N–H and O–H groups in total. The van der Waals surface area contributed by atoms with Crippen molar-refractivity contribution in [2.45, 2.75) is 138 Å². The van der Waals surface area contributed by atoms with Gasteiger partial charge in [0.15, 0.2) is 8.32 Å². The highest BCUT2D eigenvalue weighted by Crippen LogP contribution is 2.42. The van der Waals surface area contributed by atoms with Crippen molar-refractivity contribution < 1.29 is 4.43 Å². The van der Waals surface area contributed by atoms with Gasteiger partial charge in [0.1, 0.15) is 0 Å². The zero-order chi connectivity index (χ0) is 28.0. The molecule has 37 heavy (non-hydrogen) atoms. The number of hydrogen-bond acceptors (Lipinski definition) is 4. The molecule has 0 heterocycles. The highest BCUT2D eigenvalue weighted by atomic mass is 28.4. The van der Waals surface area contributed by atoms with Crippen LogP contribution in [0, 0.1) is 5.41 Å². The van der Waals surface area contributed by atoms with Crippen LogP contribution in [0.25, 0.3) is 0 Å². The minimum atomic E-state index is -1.61. The summed E-state index contributed by atoms with van der Waals surface area (Å²) in [7, 11) is -1.61. The van der Waals surface area contributed by atoms with Crippen LogP contribution in [0.4, 0.5) is 0 Å². The normalized spacial score (nSPS) is 14.3. The molecule has 0 saturated heterocycles. The van der Waals surface area contributed by atoms with Crippen LogP contribution in [0.5, 0.6) is 0 Å². The Balaban J connectivity index is 5.69. The van der Waals surface area contributed by atoms with Crippen molar-refractivity contribution in [2.75, 3.05) is 65.5 Å². The van der Waals surface area contributed by atoms with Crippen LogP contribution in [-0.4, -0.2) is 88.5 Å². The highest BCUT2D eigenvalue weighted by Gasteiger charge is 2.34. The van der Waals surface area contributed by atoms with Gasteiger partial charge in [-0.3, -0.25) is 0 Å². The summed E-state index contributed by atoms with van der Waals surface area (Å²) < 4.78 is 6.46. The third kappa shape index (κ3) is 16.7. The predicted molar refractivity (Wildman–Crippen MR) is 170 cm³/mol. The quantitative estimate of drug-likeness (QED) is 0.0970. The molecular weight excluding hydrogens is 470 g/mol. The molecule has 0 rings (SSSR count). The molecule has 0 radical (unpaired) electrons. The Hall–Kier alpha value is 0.0569. The van der Waals surface area contributed by atoms with Gasteiger partial charge in [-0.2, -0.15) is 0 Å². The SMILES string of the molecule is CCCN(CC)CCCC(CCCN(CC)CCC)(CCCN(CC)CCC)CC[Si](C)(CC)OCC. The van der Waals surface area contributed by atoms with Crippen molar-refractivity contribution in [2.24, 2.45) is 5.41 Å². The average molecular weight is 542 g/mol. The topological polar surface area (TPSA) is 19.0 Å². The summed E-state index contributed by atoms with van der Waals surface area (Å²) in [5.74, 6) is 0. The first-order valence-electron chi connectivity index (χ1n) is 16.6. The molecule has 224 valence electrons. The summed E-state index contributed by atoms with van der Waals surface area (Å²) in [6, 6.07) is 2.58. The number of nitrogens with zero attached hydrogens (tertiary/aromatic N) is 3. The molecule has 0 fully saturated rings. The van der Waals surface area contributed by atoms with Crippen LogP contribution in [-0.2, 0) is 4.43 Å². The largest absolute Gasteiger partial charge is 0.417 e. The zero-order valence-electron chi connectivity index (χ0n) is 27.3. The summed E-state index contributed by atoms with van der Waals surface area (Å²) in [5, 5.41) is 0. The summed E-state index contributed by atoms with van der Waals surface area (Å²) in [6.45, 7) is 33.1. The highest BCUT2D eigenvalue weighted by molar-refractivity contribution is 6.72. The lowest BCUT2D eigenvalue weighted by molar-refractivity contribution is 0.152. The van der Waals surface area contributed by atoms with Gasteiger partial charge in [-0.25, -0.2) is 0 Å². The van der Waals surface area contributed by atoms with Crippen LogP contribution in [0.3, 0.4) is 0 Å². The molecule has 0 amide bonds. The lowest BCUT2D eigenvalue weighted by Crippen LogP contribution is -2.37. The van der Waals surface area contributed by atoms with E-state index >= 15 is 0 Å². The maximum Gasteiger partial charge on any atom is 0.189 e. The molecular formula is C32H71N3OSi. The van der Waals surface area contributed by atoms with E-state index in [9.17, 15) is 0 Å². The summed E-state index contributed by atoms with van der Waals surface area (Å²) in [5.41, 5.74) is 0.476. The summed E-state index contributed by atoms with van der Waals surface area (Å²) >= 11 is 0. The maximum atomic E-state index is 6.46. The van der Waals surface area contributed by atoms with E-state index in [0.29, 0.717) is 5.41 Å². The fourth-order valence-electron chi connectivity index (χ4n) is 6.24. The Morgan fingerprint density at radius 3 is 1.19 bits per heavy atom. The average Bonchev–Trinajstić information content (AvgIpc) is 2.90. The van der Waals surface area contributed by atoms with Crippen molar-refractivity contribution in [1.29, 1.82) is 0 Å². The van der Waals surface area contributed by atoms with Gasteiger partial charge >= 0.3 is 0 Å².